The molecule has 0 aliphatic carbocycles. The van der Waals surface area contributed by atoms with E-state index >= 15 is 0 Å². The monoisotopic (exact) mass is 129 g/mol. The van der Waals surface area contributed by atoms with Gasteiger partial charge in [-0.2, -0.15) is 0 Å². The van der Waals surface area contributed by atoms with Crippen LogP contribution in [0.2, 0.25) is 0 Å². The molecule has 0 saturated carbocycles. The Morgan fingerprint density at radius 3 is 1.62 bits per heavy atom. The van der Waals surface area contributed by atoms with Gasteiger partial charge in [0, 0.05) is 5.71 Å². The molecule has 8 heavy (non-hydrogen) atoms. The molecule has 0 rings (SSSR count). The van der Waals surface area contributed by atoms with Crippen LogP contribution in [0.5, 0.6) is 0 Å². The van der Waals surface area contributed by atoms with Gasteiger partial charge in [-0.05, 0) is 31.2 Å². The van der Waals surface area contributed by atoms with E-state index < -0.39 is 0 Å². The predicted molar refractivity (Wildman–Crippen MR) is 40.8 cm³/mol. The molecule has 1 nitrogen and oxygen atoms in total. The fourth-order valence-corrected chi connectivity index (χ4v) is 0.439. The molecule has 0 atom stereocenters. The van der Waals surface area contributed by atoms with Crippen molar-refractivity contribution < 1.29 is 0 Å². The summed E-state index contributed by atoms with van der Waals surface area (Å²) in [6.07, 6.45) is 0. The molecule has 0 saturated heterocycles. The Morgan fingerprint density at radius 1 is 1.25 bits per heavy atom. The van der Waals surface area contributed by atoms with E-state index in [-0.39, 0.29) is 0 Å². The van der Waals surface area contributed by atoms with Gasteiger partial charge in [-0.15, -0.1) is 12.6 Å². The zero-order valence-electron chi connectivity index (χ0n) is 5.45. The summed E-state index contributed by atoms with van der Waals surface area (Å²) in [5, 5.41) is 7.12. The van der Waals surface area contributed by atoms with Crippen LogP contribution in [-0.4, -0.2) is 5.71 Å². The van der Waals surface area contributed by atoms with Crippen molar-refractivity contribution in [2.45, 2.75) is 20.8 Å². The highest BCUT2D eigenvalue weighted by atomic mass is 32.1. The first-order valence-electron chi connectivity index (χ1n) is 2.47. The molecule has 0 aromatic carbocycles. The van der Waals surface area contributed by atoms with Gasteiger partial charge >= 0.3 is 0 Å². The van der Waals surface area contributed by atoms with Gasteiger partial charge < -0.3 is 5.41 Å². The molecule has 2 heteroatoms. The lowest BCUT2D eigenvalue weighted by molar-refractivity contribution is 1.39. The van der Waals surface area contributed by atoms with E-state index in [0.29, 0.717) is 5.71 Å². The van der Waals surface area contributed by atoms with Crippen molar-refractivity contribution in [3.63, 3.8) is 0 Å². The minimum atomic E-state index is 0.595. The molecule has 46 valence electrons. The van der Waals surface area contributed by atoms with Gasteiger partial charge in [0.05, 0.1) is 0 Å². The Kier molecular flexibility index (Phi) is 2.84. The maximum atomic E-state index is 7.12. The maximum absolute atomic E-state index is 7.12. The Morgan fingerprint density at radius 2 is 1.62 bits per heavy atom. The quantitative estimate of drug-likeness (QED) is 0.401. The molecule has 0 aliphatic heterocycles. The van der Waals surface area contributed by atoms with Crippen LogP contribution in [0.25, 0.3) is 0 Å². The molecular weight excluding hydrogens is 118 g/mol. The Labute approximate surface area is 55.7 Å². The lowest BCUT2D eigenvalue weighted by atomic mass is 10.2. The second-order valence-corrected chi connectivity index (χ2v) is 2.51. The number of hydrogen-bond donors (Lipinski definition) is 2. The second-order valence-electron chi connectivity index (χ2n) is 1.84. The number of hydrogen-bond acceptors (Lipinski definition) is 2. The largest absolute Gasteiger partial charge is 0.305 e. The standard InChI is InChI=1S/C6H11NS/c1-4(5(2)7)6(3)8/h7-8H,1-3H3/b6-4-,7-5?. The minimum absolute atomic E-state index is 0.595. The number of allylic oxidation sites excluding steroid dienone is 2. The fraction of sp³-hybridized carbons (Fsp3) is 0.500. The first kappa shape index (κ1) is 7.76. The highest BCUT2D eigenvalue weighted by molar-refractivity contribution is 7.84. The van der Waals surface area contributed by atoms with E-state index in [0.717, 1.165) is 10.5 Å². The number of nitrogens with one attached hydrogen (secondary N) is 1. The summed E-state index contributed by atoms with van der Waals surface area (Å²) in [6, 6.07) is 0. The second kappa shape index (κ2) is 2.92. The third kappa shape index (κ3) is 2.17. The van der Waals surface area contributed by atoms with Crippen molar-refractivity contribution >= 4 is 18.3 Å². The van der Waals surface area contributed by atoms with Crippen LogP contribution in [0.1, 0.15) is 20.8 Å². The van der Waals surface area contributed by atoms with E-state index in [4.69, 9.17) is 5.41 Å². The summed E-state index contributed by atoms with van der Waals surface area (Å²) in [5.41, 5.74) is 1.56. The van der Waals surface area contributed by atoms with E-state index in [1.54, 1.807) is 6.92 Å². The average molecular weight is 129 g/mol. The SMILES string of the molecule is CC(=N)/C(C)=C(/C)S. The Bertz CT molecular complexity index is 131. The van der Waals surface area contributed by atoms with E-state index in [9.17, 15) is 0 Å². The van der Waals surface area contributed by atoms with Crippen LogP contribution in [0.4, 0.5) is 0 Å². The molecule has 0 radical (unpaired) electrons. The van der Waals surface area contributed by atoms with Gasteiger partial charge in [-0.3, -0.25) is 0 Å². The van der Waals surface area contributed by atoms with E-state index in [2.05, 4.69) is 12.6 Å². The van der Waals surface area contributed by atoms with Crippen LogP contribution in [0, 0.1) is 5.41 Å². The molecule has 1 N–H and O–H groups in total. The zero-order valence-corrected chi connectivity index (χ0v) is 6.34. The fourth-order valence-electron chi connectivity index (χ4n) is 0.271. The molecular formula is C6H11NS. The topological polar surface area (TPSA) is 23.9 Å². The summed E-state index contributed by atoms with van der Waals surface area (Å²) in [6.45, 7) is 5.54. The maximum Gasteiger partial charge on any atom is 0.0319 e. The molecule has 0 unspecified atom stereocenters. The van der Waals surface area contributed by atoms with Crippen LogP contribution in [-0.2, 0) is 0 Å². The van der Waals surface area contributed by atoms with Gasteiger partial charge in [0.1, 0.15) is 0 Å². The molecule has 0 amide bonds. The van der Waals surface area contributed by atoms with Gasteiger partial charge in [0.15, 0.2) is 0 Å². The first-order chi connectivity index (χ1) is 3.55. The zero-order chi connectivity index (χ0) is 6.73. The van der Waals surface area contributed by atoms with Gasteiger partial charge in [-0.25, -0.2) is 0 Å². The van der Waals surface area contributed by atoms with Gasteiger partial charge in [-0.1, -0.05) is 0 Å². The third-order valence-electron chi connectivity index (χ3n) is 1.11. The smallest absolute Gasteiger partial charge is 0.0319 e. The van der Waals surface area contributed by atoms with Crippen LogP contribution < -0.4 is 0 Å². The van der Waals surface area contributed by atoms with Crippen LogP contribution in [0.3, 0.4) is 0 Å². The van der Waals surface area contributed by atoms with Crippen LogP contribution in [0.15, 0.2) is 10.5 Å². The Hall–Kier alpha value is -0.240. The van der Waals surface area contributed by atoms with Crippen molar-refractivity contribution in [2.24, 2.45) is 0 Å². The molecule has 0 aromatic rings. The minimum Gasteiger partial charge on any atom is -0.305 e. The normalized spacial score (nSPS) is 13.0. The third-order valence-corrected chi connectivity index (χ3v) is 1.44. The Balaban J connectivity index is 4.23. The van der Waals surface area contributed by atoms with Crippen molar-refractivity contribution in [3.8, 4) is 0 Å². The van der Waals surface area contributed by atoms with Crippen molar-refractivity contribution in [1.82, 2.24) is 0 Å². The van der Waals surface area contributed by atoms with E-state index in [1.165, 1.54) is 0 Å². The van der Waals surface area contributed by atoms with Crippen LogP contribution >= 0.6 is 12.6 Å². The summed E-state index contributed by atoms with van der Waals surface area (Å²) < 4.78 is 0. The van der Waals surface area contributed by atoms with E-state index in [1.807, 2.05) is 13.8 Å². The van der Waals surface area contributed by atoms with Gasteiger partial charge in [0.2, 0.25) is 0 Å². The highest BCUT2D eigenvalue weighted by Crippen LogP contribution is 2.06. The molecule has 0 aromatic heterocycles. The average Bonchev–Trinajstić information content (AvgIpc) is 1.64. The van der Waals surface area contributed by atoms with Crippen molar-refractivity contribution in [3.05, 3.63) is 10.5 Å². The summed E-state index contributed by atoms with van der Waals surface area (Å²) in [5.74, 6) is 0. The van der Waals surface area contributed by atoms with Crippen molar-refractivity contribution in [1.29, 1.82) is 5.41 Å². The summed E-state index contributed by atoms with van der Waals surface area (Å²) in [4.78, 5) is 0.928. The predicted octanol–water partition coefficient (Wildman–Crippen LogP) is 2.25. The molecule has 0 aliphatic rings. The molecule has 0 fully saturated rings. The molecule has 0 heterocycles. The summed E-state index contributed by atoms with van der Waals surface area (Å²) >= 11 is 4.07. The number of rotatable bonds is 1. The first-order valence-corrected chi connectivity index (χ1v) is 2.92. The lowest BCUT2D eigenvalue weighted by Gasteiger charge is -1.96. The molecule has 0 bridgehead atoms. The lowest BCUT2D eigenvalue weighted by Crippen LogP contribution is -1.90. The highest BCUT2D eigenvalue weighted by Gasteiger charge is 1.91. The van der Waals surface area contributed by atoms with Crippen molar-refractivity contribution in [2.75, 3.05) is 0 Å². The molecule has 0 spiro atoms. The van der Waals surface area contributed by atoms with Gasteiger partial charge in [0.25, 0.3) is 0 Å². The number of thiol groups is 1. The summed E-state index contributed by atoms with van der Waals surface area (Å²) in [7, 11) is 0.